The number of carbonyl (C=O) groups excluding carboxylic acids is 1. The molecule has 0 radical (unpaired) electrons. The predicted octanol–water partition coefficient (Wildman–Crippen LogP) is 2.47. The Kier molecular flexibility index (Phi) is 7.12. The minimum Gasteiger partial charge on any atom is -0.497 e. The molecular weight excluding hydrogens is 404 g/mol. The third-order valence-electron chi connectivity index (χ3n) is 4.98. The maximum Gasteiger partial charge on any atom is 0.251 e. The summed E-state index contributed by atoms with van der Waals surface area (Å²) in [6.07, 6.45) is 0.318. The molecule has 2 atom stereocenters. The van der Waals surface area contributed by atoms with E-state index in [2.05, 4.69) is 5.32 Å². The minimum absolute atomic E-state index is 0.117. The van der Waals surface area contributed by atoms with E-state index in [-0.39, 0.29) is 23.0 Å². The van der Waals surface area contributed by atoms with Crippen LogP contribution in [0.25, 0.3) is 0 Å². The van der Waals surface area contributed by atoms with Crippen LogP contribution in [-0.4, -0.2) is 57.6 Å². The Morgan fingerprint density at radius 1 is 1.13 bits per heavy atom. The molecule has 2 aromatic carbocycles. The molecule has 7 nitrogen and oxygen atoms in total. The number of morpholine rings is 1. The van der Waals surface area contributed by atoms with Gasteiger partial charge >= 0.3 is 0 Å². The van der Waals surface area contributed by atoms with Gasteiger partial charge in [-0.3, -0.25) is 4.79 Å². The van der Waals surface area contributed by atoms with E-state index >= 15 is 0 Å². The van der Waals surface area contributed by atoms with Crippen molar-refractivity contribution in [2.75, 3.05) is 26.7 Å². The molecule has 0 unspecified atom stereocenters. The lowest BCUT2D eigenvalue weighted by Crippen LogP contribution is -2.48. The summed E-state index contributed by atoms with van der Waals surface area (Å²) in [5.74, 6) is 0.481. The average Bonchev–Trinajstić information content (AvgIpc) is 2.73. The molecule has 1 fully saturated rings. The SMILES string of the molecule is COc1ccc(CCNC(=O)c2cccc(S(=O)(=O)N3C[C@@H](C)O[C@@H](C)C3)c2)cc1. The molecule has 0 aliphatic carbocycles. The number of benzene rings is 2. The second-order valence-corrected chi connectivity index (χ2v) is 9.40. The number of hydrogen-bond donors (Lipinski definition) is 1. The number of amides is 1. The van der Waals surface area contributed by atoms with Gasteiger partial charge in [0, 0.05) is 25.2 Å². The molecule has 0 bridgehead atoms. The van der Waals surface area contributed by atoms with Gasteiger partial charge in [0.15, 0.2) is 0 Å². The van der Waals surface area contributed by atoms with E-state index in [4.69, 9.17) is 9.47 Å². The van der Waals surface area contributed by atoms with Crippen LogP contribution in [0.4, 0.5) is 0 Å². The summed E-state index contributed by atoms with van der Waals surface area (Å²) in [5.41, 5.74) is 1.39. The number of methoxy groups -OCH3 is 1. The Morgan fingerprint density at radius 2 is 1.80 bits per heavy atom. The van der Waals surface area contributed by atoms with E-state index in [0.717, 1.165) is 11.3 Å². The van der Waals surface area contributed by atoms with Crippen molar-refractivity contribution in [1.29, 1.82) is 0 Å². The van der Waals surface area contributed by atoms with Crippen LogP contribution in [0.15, 0.2) is 53.4 Å². The summed E-state index contributed by atoms with van der Waals surface area (Å²) < 4.78 is 38.2. The maximum absolute atomic E-state index is 13.0. The summed E-state index contributed by atoms with van der Waals surface area (Å²) in [5, 5.41) is 2.85. The van der Waals surface area contributed by atoms with E-state index in [1.165, 1.54) is 16.4 Å². The van der Waals surface area contributed by atoms with Crippen molar-refractivity contribution in [2.45, 2.75) is 37.4 Å². The standard InChI is InChI=1S/C22H28N2O5S/c1-16-14-24(15-17(2)29-16)30(26,27)21-6-4-5-19(13-21)22(25)23-12-11-18-7-9-20(28-3)10-8-18/h4-10,13,16-17H,11-12,14-15H2,1-3H3,(H,23,25)/t16-,17+. The van der Waals surface area contributed by atoms with Gasteiger partial charge in [-0.05, 0) is 56.2 Å². The molecular formula is C22H28N2O5S. The molecule has 2 aromatic rings. The molecule has 0 saturated carbocycles. The normalized spacial score (nSPS) is 20.0. The van der Waals surface area contributed by atoms with Crippen molar-refractivity contribution >= 4 is 15.9 Å². The highest BCUT2D eigenvalue weighted by molar-refractivity contribution is 7.89. The first-order valence-corrected chi connectivity index (χ1v) is 11.4. The van der Waals surface area contributed by atoms with Crippen LogP contribution in [-0.2, 0) is 21.2 Å². The largest absolute Gasteiger partial charge is 0.497 e. The number of nitrogens with zero attached hydrogens (tertiary/aromatic N) is 1. The predicted molar refractivity (Wildman–Crippen MR) is 114 cm³/mol. The Hall–Kier alpha value is -2.42. The third kappa shape index (κ3) is 5.38. The highest BCUT2D eigenvalue weighted by Gasteiger charge is 2.32. The highest BCUT2D eigenvalue weighted by Crippen LogP contribution is 2.22. The van der Waals surface area contributed by atoms with Crippen molar-refractivity contribution in [3.63, 3.8) is 0 Å². The number of rotatable bonds is 7. The zero-order valence-electron chi connectivity index (χ0n) is 17.5. The van der Waals surface area contributed by atoms with Crippen LogP contribution < -0.4 is 10.1 Å². The Balaban J connectivity index is 1.64. The Labute approximate surface area is 178 Å². The number of ether oxygens (including phenoxy) is 2. The molecule has 162 valence electrons. The van der Waals surface area contributed by atoms with Crippen molar-refractivity contribution in [3.05, 3.63) is 59.7 Å². The molecule has 0 aromatic heterocycles. The molecule has 1 saturated heterocycles. The van der Waals surface area contributed by atoms with Gasteiger partial charge in [0.2, 0.25) is 10.0 Å². The van der Waals surface area contributed by atoms with Gasteiger partial charge in [0.25, 0.3) is 5.91 Å². The van der Waals surface area contributed by atoms with E-state index in [1.54, 1.807) is 19.2 Å². The number of carbonyl (C=O) groups is 1. The smallest absolute Gasteiger partial charge is 0.251 e. The summed E-state index contributed by atoms with van der Waals surface area (Å²) >= 11 is 0. The number of hydrogen-bond acceptors (Lipinski definition) is 5. The van der Waals surface area contributed by atoms with Gasteiger partial charge in [-0.1, -0.05) is 18.2 Å². The van der Waals surface area contributed by atoms with Crippen molar-refractivity contribution in [2.24, 2.45) is 0 Å². The van der Waals surface area contributed by atoms with Crippen molar-refractivity contribution in [1.82, 2.24) is 9.62 Å². The van der Waals surface area contributed by atoms with Gasteiger partial charge in [-0.15, -0.1) is 0 Å². The molecule has 1 aliphatic heterocycles. The molecule has 0 spiro atoms. The lowest BCUT2D eigenvalue weighted by Gasteiger charge is -2.34. The van der Waals surface area contributed by atoms with Crippen molar-refractivity contribution < 1.29 is 22.7 Å². The molecule has 1 amide bonds. The molecule has 3 rings (SSSR count). The second kappa shape index (κ2) is 9.59. The zero-order chi connectivity index (χ0) is 21.7. The zero-order valence-corrected chi connectivity index (χ0v) is 18.3. The van der Waals surface area contributed by atoms with E-state index in [1.807, 2.05) is 38.1 Å². The van der Waals surface area contributed by atoms with Crippen molar-refractivity contribution in [3.8, 4) is 5.75 Å². The van der Waals surface area contributed by atoms with Crippen LogP contribution in [0.3, 0.4) is 0 Å². The molecule has 1 N–H and O–H groups in total. The Morgan fingerprint density at radius 3 is 2.43 bits per heavy atom. The van der Waals surface area contributed by atoms with Gasteiger partial charge in [0.1, 0.15) is 5.75 Å². The summed E-state index contributed by atoms with van der Waals surface area (Å²) in [7, 11) is -2.08. The van der Waals surface area contributed by atoms with Gasteiger partial charge in [-0.25, -0.2) is 8.42 Å². The maximum atomic E-state index is 13.0. The summed E-state index contributed by atoms with van der Waals surface area (Å²) in [6, 6.07) is 13.8. The third-order valence-corrected chi connectivity index (χ3v) is 6.81. The van der Waals surface area contributed by atoms with Crippen LogP contribution in [0, 0.1) is 0 Å². The van der Waals surface area contributed by atoms with Crippen LogP contribution in [0.2, 0.25) is 0 Å². The van der Waals surface area contributed by atoms with E-state index in [9.17, 15) is 13.2 Å². The minimum atomic E-state index is -3.69. The molecule has 1 aliphatic rings. The van der Waals surface area contributed by atoms with E-state index < -0.39 is 10.0 Å². The average molecular weight is 433 g/mol. The topological polar surface area (TPSA) is 84.9 Å². The first kappa shape index (κ1) is 22.3. The molecule has 1 heterocycles. The fraction of sp³-hybridized carbons (Fsp3) is 0.409. The van der Waals surface area contributed by atoms with Gasteiger partial charge in [-0.2, -0.15) is 4.31 Å². The van der Waals surface area contributed by atoms with Crippen LogP contribution in [0.5, 0.6) is 5.75 Å². The first-order valence-electron chi connectivity index (χ1n) is 9.96. The Bertz CT molecular complexity index is 965. The number of nitrogens with one attached hydrogen (secondary N) is 1. The van der Waals surface area contributed by atoms with Gasteiger partial charge in [0.05, 0.1) is 24.2 Å². The van der Waals surface area contributed by atoms with Crippen LogP contribution >= 0.6 is 0 Å². The lowest BCUT2D eigenvalue weighted by molar-refractivity contribution is -0.0440. The monoisotopic (exact) mass is 432 g/mol. The summed E-state index contributed by atoms with van der Waals surface area (Å²) in [6.45, 7) is 4.74. The fourth-order valence-electron chi connectivity index (χ4n) is 3.49. The first-order chi connectivity index (χ1) is 14.3. The quantitative estimate of drug-likeness (QED) is 0.727. The van der Waals surface area contributed by atoms with Crippen LogP contribution in [0.1, 0.15) is 29.8 Å². The molecule has 8 heteroatoms. The van der Waals surface area contributed by atoms with E-state index in [0.29, 0.717) is 31.6 Å². The molecule has 30 heavy (non-hydrogen) atoms. The fourth-order valence-corrected chi connectivity index (χ4v) is 5.13. The second-order valence-electron chi connectivity index (χ2n) is 7.46. The van der Waals surface area contributed by atoms with Gasteiger partial charge < -0.3 is 14.8 Å². The summed E-state index contributed by atoms with van der Waals surface area (Å²) in [4.78, 5) is 12.7. The highest BCUT2D eigenvalue weighted by atomic mass is 32.2. The number of sulfonamides is 1. The lowest BCUT2D eigenvalue weighted by atomic mass is 10.1.